The zero-order chi connectivity index (χ0) is 16.1. The molecule has 5 heteroatoms. The largest absolute Gasteiger partial charge is 0.331 e. The van der Waals surface area contributed by atoms with Crippen LogP contribution in [0.5, 0.6) is 0 Å². The fourth-order valence-electron chi connectivity index (χ4n) is 2.29. The highest BCUT2D eigenvalue weighted by molar-refractivity contribution is 7.80. The van der Waals surface area contributed by atoms with E-state index in [1.54, 1.807) is 6.07 Å². The van der Waals surface area contributed by atoms with Crippen molar-refractivity contribution in [2.75, 3.05) is 5.32 Å². The van der Waals surface area contributed by atoms with Gasteiger partial charge in [0.05, 0.1) is 0 Å². The lowest BCUT2D eigenvalue weighted by molar-refractivity contribution is 0.0946. The highest BCUT2D eigenvalue weighted by Crippen LogP contribution is 2.18. The van der Waals surface area contributed by atoms with Crippen molar-refractivity contribution in [3.8, 4) is 0 Å². The normalized spacial score (nSPS) is 10.1. The molecule has 1 amide bonds. The van der Waals surface area contributed by atoms with Crippen LogP contribution in [0.3, 0.4) is 0 Å². The predicted molar refractivity (Wildman–Crippen MR) is 97.2 cm³/mol. The Bertz CT molecular complexity index is 844. The van der Waals surface area contributed by atoms with Crippen molar-refractivity contribution in [3.63, 3.8) is 0 Å². The van der Waals surface area contributed by atoms with E-state index >= 15 is 0 Å². The maximum Gasteiger partial charge on any atom is 0.270 e. The van der Waals surface area contributed by atoms with Crippen molar-refractivity contribution in [2.45, 2.75) is 0 Å². The minimum Gasteiger partial charge on any atom is -0.331 e. The summed E-state index contributed by atoms with van der Waals surface area (Å²) in [7, 11) is 0. The van der Waals surface area contributed by atoms with Gasteiger partial charge in [-0.2, -0.15) is 0 Å². The van der Waals surface area contributed by atoms with E-state index in [9.17, 15) is 4.79 Å². The molecule has 3 rings (SSSR count). The van der Waals surface area contributed by atoms with Crippen molar-refractivity contribution in [1.82, 2.24) is 10.9 Å². The molecule has 0 saturated heterocycles. The van der Waals surface area contributed by atoms with E-state index in [2.05, 4.69) is 16.2 Å². The molecule has 3 N–H and O–H groups in total. The van der Waals surface area contributed by atoms with Crippen LogP contribution in [0, 0.1) is 0 Å². The molecule has 3 aromatic rings. The monoisotopic (exact) mass is 321 g/mol. The molecule has 0 aliphatic rings. The number of rotatable bonds is 2. The molecule has 0 atom stereocenters. The lowest BCUT2D eigenvalue weighted by atomic mass is 10.0. The molecule has 0 heterocycles. The summed E-state index contributed by atoms with van der Waals surface area (Å²) >= 11 is 5.16. The topological polar surface area (TPSA) is 53.2 Å². The molecule has 0 aliphatic carbocycles. The van der Waals surface area contributed by atoms with Gasteiger partial charge in [-0.3, -0.25) is 15.6 Å². The van der Waals surface area contributed by atoms with Gasteiger partial charge in [0.2, 0.25) is 0 Å². The molecule has 0 radical (unpaired) electrons. The SMILES string of the molecule is O=C(NNC(=S)Nc1ccccc1)c1cccc2ccccc12. The molecule has 0 aromatic heterocycles. The Balaban J connectivity index is 1.66. The van der Waals surface area contributed by atoms with Crippen LogP contribution in [0.4, 0.5) is 5.69 Å². The minimum absolute atomic E-state index is 0.237. The second kappa shape index (κ2) is 6.89. The third-order valence-corrected chi connectivity index (χ3v) is 3.56. The summed E-state index contributed by atoms with van der Waals surface area (Å²) in [5.41, 5.74) is 6.78. The van der Waals surface area contributed by atoms with Gasteiger partial charge in [-0.05, 0) is 41.2 Å². The van der Waals surface area contributed by atoms with Crippen LogP contribution in [0.1, 0.15) is 10.4 Å². The molecular weight excluding hydrogens is 306 g/mol. The minimum atomic E-state index is -0.237. The number of hydrogen-bond donors (Lipinski definition) is 3. The Hall–Kier alpha value is -2.92. The number of nitrogens with one attached hydrogen (secondary N) is 3. The molecule has 4 nitrogen and oxygen atoms in total. The van der Waals surface area contributed by atoms with E-state index in [1.807, 2.05) is 66.7 Å². The van der Waals surface area contributed by atoms with Crippen molar-refractivity contribution in [3.05, 3.63) is 78.4 Å². The standard InChI is InChI=1S/C18H15N3OS/c22-17(16-12-6-8-13-7-4-5-11-15(13)16)20-21-18(23)19-14-9-2-1-3-10-14/h1-12H,(H,20,22)(H2,19,21,23). The Morgan fingerprint density at radius 1 is 0.783 bits per heavy atom. The van der Waals surface area contributed by atoms with Crippen LogP contribution >= 0.6 is 12.2 Å². The molecule has 0 unspecified atom stereocenters. The number of benzene rings is 3. The van der Waals surface area contributed by atoms with E-state index in [0.717, 1.165) is 16.5 Å². The molecule has 0 aliphatic heterocycles. The average Bonchev–Trinajstić information content (AvgIpc) is 2.60. The summed E-state index contributed by atoms with van der Waals surface area (Å²) in [5.74, 6) is -0.237. The Labute approximate surface area is 139 Å². The predicted octanol–water partition coefficient (Wildman–Crippen LogP) is 3.47. The lowest BCUT2D eigenvalue weighted by Gasteiger charge is -2.12. The number of carbonyl (C=O) groups excluding carboxylic acids is 1. The van der Waals surface area contributed by atoms with Crippen LogP contribution in [-0.2, 0) is 0 Å². The first-order chi connectivity index (χ1) is 11.2. The molecule has 23 heavy (non-hydrogen) atoms. The van der Waals surface area contributed by atoms with Gasteiger partial charge in [0.1, 0.15) is 0 Å². The van der Waals surface area contributed by atoms with Gasteiger partial charge in [-0.15, -0.1) is 0 Å². The summed E-state index contributed by atoms with van der Waals surface area (Å²) in [6.45, 7) is 0. The van der Waals surface area contributed by atoms with Gasteiger partial charge in [-0.25, -0.2) is 0 Å². The zero-order valence-corrected chi connectivity index (χ0v) is 13.1. The van der Waals surface area contributed by atoms with Gasteiger partial charge < -0.3 is 5.32 Å². The molecule has 0 saturated carbocycles. The molecule has 0 fully saturated rings. The molecule has 114 valence electrons. The lowest BCUT2D eigenvalue weighted by Crippen LogP contribution is -2.43. The molecule has 3 aromatic carbocycles. The average molecular weight is 321 g/mol. The number of amides is 1. The van der Waals surface area contributed by atoms with Gasteiger partial charge >= 0.3 is 0 Å². The van der Waals surface area contributed by atoms with Gasteiger partial charge in [-0.1, -0.05) is 54.6 Å². The van der Waals surface area contributed by atoms with Crippen LogP contribution in [-0.4, -0.2) is 11.0 Å². The van der Waals surface area contributed by atoms with E-state index in [1.165, 1.54) is 0 Å². The van der Waals surface area contributed by atoms with E-state index in [0.29, 0.717) is 10.7 Å². The van der Waals surface area contributed by atoms with Gasteiger partial charge in [0, 0.05) is 11.3 Å². The van der Waals surface area contributed by atoms with Crippen molar-refractivity contribution in [1.29, 1.82) is 0 Å². The molecular formula is C18H15N3OS. The molecule has 0 spiro atoms. The van der Waals surface area contributed by atoms with E-state index in [-0.39, 0.29) is 5.91 Å². The third-order valence-electron chi connectivity index (χ3n) is 3.36. The number of anilines is 1. The smallest absolute Gasteiger partial charge is 0.270 e. The maximum atomic E-state index is 12.4. The van der Waals surface area contributed by atoms with E-state index < -0.39 is 0 Å². The zero-order valence-electron chi connectivity index (χ0n) is 12.2. The first kappa shape index (κ1) is 15.0. The number of carbonyl (C=O) groups is 1. The van der Waals surface area contributed by atoms with Crippen LogP contribution in [0.25, 0.3) is 10.8 Å². The van der Waals surface area contributed by atoms with Crippen LogP contribution in [0.2, 0.25) is 0 Å². The Morgan fingerprint density at radius 2 is 1.48 bits per heavy atom. The summed E-state index contributed by atoms with van der Waals surface area (Å²) < 4.78 is 0. The number of thiocarbonyl (C=S) groups is 1. The Kier molecular flexibility index (Phi) is 4.49. The summed E-state index contributed by atoms with van der Waals surface area (Å²) in [5, 5.41) is 5.23. The second-order valence-electron chi connectivity index (χ2n) is 4.93. The maximum absolute atomic E-state index is 12.4. The summed E-state index contributed by atoms with van der Waals surface area (Å²) in [4.78, 5) is 12.4. The van der Waals surface area contributed by atoms with Crippen LogP contribution in [0.15, 0.2) is 72.8 Å². The number of para-hydroxylation sites is 1. The molecule has 0 bridgehead atoms. The number of hydrogen-bond acceptors (Lipinski definition) is 2. The number of hydrazine groups is 1. The highest BCUT2D eigenvalue weighted by Gasteiger charge is 2.09. The van der Waals surface area contributed by atoms with Crippen molar-refractivity contribution in [2.24, 2.45) is 0 Å². The van der Waals surface area contributed by atoms with Crippen molar-refractivity contribution < 1.29 is 4.79 Å². The fourth-order valence-corrected chi connectivity index (χ4v) is 2.46. The van der Waals surface area contributed by atoms with Gasteiger partial charge in [0.25, 0.3) is 5.91 Å². The first-order valence-electron chi connectivity index (χ1n) is 7.14. The Morgan fingerprint density at radius 3 is 2.30 bits per heavy atom. The fraction of sp³-hybridized carbons (Fsp3) is 0. The number of fused-ring (bicyclic) bond motifs is 1. The summed E-state index contributed by atoms with van der Waals surface area (Å²) in [6.07, 6.45) is 0. The van der Waals surface area contributed by atoms with Crippen LogP contribution < -0.4 is 16.2 Å². The van der Waals surface area contributed by atoms with E-state index in [4.69, 9.17) is 12.2 Å². The first-order valence-corrected chi connectivity index (χ1v) is 7.55. The highest BCUT2D eigenvalue weighted by atomic mass is 32.1. The quantitative estimate of drug-likeness (QED) is 0.500. The second-order valence-corrected chi connectivity index (χ2v) is 5.33. The van der Waals surface area contributed by atoms with Crippen molar-refractivity contribution >= 4 is 39.7 Å². The summed E-state index contributed by atoms with van der Waals surface area (Å²) in [6, 6.07) is 22.9. The third kappa shape index (κ3) is 3.64. The van der Waals surface area contributed by atoms with Gasteiger partial charge in [0.15, 0.2) is 5.11 Å².